The van der Waals surface area contributed by atoms with Gasteiger partial charge < -0.3 is 5.73 Å². The molecule has 0 fully saturated rings. The number of aromatic nitrogens is 2. The van der Waals surface area contributed by atoms with Crippen molar-refractivity contribution in [3.8, 4) is 0 Å². The summed E-state index contributed by atoms with van der Waals surface area (Å²) in [6, 6.07) is 2.51. The highest BCUT2D eigenvalue weighted by Crippen LogP contribution is 2.30. The first-order valence-corrected chi connectivity index (χ1v) is 7.46. The Kier molecular flexibility index (Phi) is 4.42. The van der Waals surface area contributed by atoms with Crippen LogP contribution in [0.2, 0.25) is 0 Å². The van der Waals surface area contributed by atoms with E-state index in [1.807, 2.05) is 4.90 Å². The van der Waals surface area contributed by atoms with Crippen LogP contribution in [0.15, 0.2) is 24.4 Å². The fraction of sp³-hybridized carbons (Fsp3) is 0.312. The number of amides is 1. The number of alkyl halides is 3. The number of halogens is 4. The van der Waals surface area contributed by atoms with E-state index in [0.717, 1.165) is 17.7 Å². The molecule has 0 radical (unpaired) electrons. The topological polar surface area (TPSA) is 72.1 Å². The molecule has 1 aliphatic heterocycles. The second-order valence-electron chi connectivity index (χ2n) is 5.79. The summed E-state index contributed by atoms with van der Waals surface area (Å²) in [5.74, 6) is -1.74. The SMILES string of the molecule is NC(=O)c1ncc2c(n1)CN(Cc1ccc(C(F)(F)F)cc1F)CC2. The van der Waals surface area contributed by atoms with Crippen LogP contribution in [0.5, 0.6) is 0 Å². The Labute approximate surface area is 140 Å². The van der Waals surface area contributed by atoms with E-state index in [-0.39, 0.29) is 17.9 Å². The molecule has 1 aromatic carbocycles. The van der Waals surface area contributed by atoms with Gasteiger partial charge >= 0.3 is 6.18 Å². The molecule has 132 valence electrons. The Balaban J connectivity index is 1.77. The van der Waals surface area contributed by atoms with Gasteiger partial charge in [0, 0.05) is 31.4 Å². The number of hydrogen-bond donors (Lipinski definition) is 1. The molecule has 5 nitrogen and oxygen atoms in total. The number of hydrogen-bond acceptors (Lipinski definition) is 4. The zero-order chi connectivity index (χ0) is 18.2. The number of carbonyl (C=O) groups is 1. The van der Waals surface area contributed by atoms with Crippen LogP contribution in [0.1, 0.15) is 33.0 Å². The number of carbonyl (C=O) groups excluding carboxylic acids is 1. The maximum Gasteiger partial charge on any atom is 0.416 e. The first-order chi connectivity index (χ1) is 11.7. The summed E-state index contributed by atoms with van der Waals surface area (Å²) >= 11 is 0. The van der Waals surface area contributed by atoms with Crippen LogP contribution in [0.4, 0.5) is 17.6 Å². The zero-order valence-corrected chi connectivity index (χ0v) is 13.0. The van der Waals surface area contributed by atoms with Crippen LogP contribution in [-0.2, 0) is 25.7 Å². The van der Waals surface area contributed by atoms with E-state index in [9.17, 15) is 22.4 Å². The van der Waals surface area contributed by atoms with Gasteiger partial charge in [-0.25, -0.2) is 14.4 Å². The Morgan fingerprint density at radius 3 is 2.72 bits per heavy atom. The van der Waals surface area contributed by atoms with Crippen molar-refractivity contribution in [1.29, 1.82) is 0 Å². The molecular formula is C16H14F4N4O. The molecule has 1 aromatic heterocycles. The smallest absolute Gasteiger partial charge is 0.363 e. The average Bonchev–Trinajstić information content (AvgIpc) is 2.55. The molecule has 9 heteroatoms. The van der Waals surface area contributed by atoms with Crippen molar-refractivity contribution in [2.45, 2.75) is 25.7 Å². The van der Waals surface area contributed by atoms with Crippen LogP contribution >= 0.6 is 0 Å². The van der Waals surface area contributed by atoms with E-state index in [0.29, 0.717) is 31.3 Å². The summed E-state index contributed by atoms with van der Waals surface area (Å²) in [6.45, 7) is 1.05. The lowest BCUT2D eigenvalue weighted by atomic mass is 10.0. The van der Waals surface area contributed by atoms with Crippen molar-refractivity contribution in [3.05, 3.63) is 58.4 Å². The second-order valence-corrected chi connectivity index (χ2v) is 5.79. The number of rotatable bonds is 3. The minimum absolute atomic E-state index is 0.0960. The van der Waals surface area contributed by atoms with E-state index < -0.39 is 23.5 Å². The summed E-state index contributed by atoms with van der Waals surface area (Å²) in [4.78, 5) is 21.0. The number of nitrogens with two attached hydrogens (primary N) is 1. The highest BCUT2D eigenvalue weighted by atomic mass is 19.4. The molecule has 2 aromatic rings. The standard InChI is InChI=1S/C16H14F4N4O/c17-12-5-11(16(18,19)20)2-1-10(12)7-24-4-3-9-6-22-15(14(21)25)23-13(9)8-24/h1-2,5-6H,3-4,7-8H2,(H2,21,25). The third kappa shape index (κ3) is 3.76. The minimum Gasteiger partial charge on any atom is -0.363 e. The molecular weight excluding hydrogens is 340 g/mol. The highest BCUT2D eigenvalue weighted by molar-refractivity contribution is 5.88. The van der Waals surface area contributed by atoms with Gasteiger partial charge in [0.05, 0.1) is 11.3 Å². The largest absolute Gasteiger partial charge is 0.416 e. The third-order valence-corrected chi connectivity index (χ3v) is 4.02. The van der Waals surface area contributed by atoms with Crippen molar-refractivity contribution in [1.82, 2.24) is 14.9 Å². The Hall–Kier alpha value is -2.55. The predicted molar refractivity (Wildman–Crippen MR) is 79.8 cm³/mol. The number of benzene rings is 1. The molecule has 1 aliphatic rings. The first-order valence-electron chi connectivity index (χ1n) is 7.46. The molecule has 0 saturated carbocycles. The minimum atomic E-state index is -4.58. The van der Waals surface area contributed by atoms with E-state index in [1.54, 1.807) is 6.20 Å². The number of fused-ring (bicyclic) bond motifs is 1. The van der Waals surface area contributed by atoms with Gasteiger partial charge in [-0.05, 0) is 24.1 Å². The molecule has 3 rings (SSSR count). The summed E-state index contributed by atoms with van der Waals surface area (Å²) in [5.41, 5.74) is 5.79. The molecule has 0 saturated heterocycles. The highest BCUT2D eigenvalue weighted by Gasteiger charge is 2.31. The van der Waals surface area contributed by atoms with Gasteiger partial charge in [-0.1, -0.05) is 6.07 Å². The molecule has 0 atom stereocenters. The summed E-state index contributed by atoms with van der Waals surface area (Å²) < 4.78 is 51.8. The van der Waals surface area contributed by atoms with E-state index in [2.05, 4.69) is 9.97 Å². The normalized spacial score (nSPS) is 15.0. The third-order valence-electron chi connectivity index (χ3n) is 4.02. The number of nitrogens with zero attached hydrogens (tertiary/aromatic N) is 3. The molecule has 2 heterocycles. The molecule has 2 N–H and O–H groups in total. The van der Waals surface area contributed by atoms with E-state index in [1.165, 1.54) is 0 Å². The Morgan fingerprint density at radius 1 is 1.32 bits per heavy atom. The monoisotopic (exact) mass is 354 g/mol. The molecule has 1 amide bonds. The van der Waals surface area contributed by atoms with Gasteiger partial charge in [-0.15, -0.1) is 0 Å². The second kappa shape index (κ2) is 6.40. The molecule has 25 heavy (non-hydrogen) atoms. The average molecular weight is 354 g/mol. The lowest BCUT2D eigenvalue weighted by molar-refractivity contribution is -0.137. The van der Waals surface area contributed by atoms with Crippen LogP contribution in [-0.4, -0.2) is 27.3 Å². The fourth-order valence-electron chi connectivity index (χ4n) is 2.70. The van der Waals surface area contributed by atoms with Crippen LogP contribution < -0.4 is 5.73 Å². The zero-order valence-electron chi connectivity index (χ0n) is 13.0. The fourth-order valence-corrected chi connectivity index (χ4v) is 2.70. The molecule has 0 spiro atoms. The van der Waals surface area contributed by atoms with Crippen molar-refractivity contribution in [2.75, 3.05) is 6.54 Å². The Bertz CT molecular complexity index is 822. The lowest BCUT2D eigenvalue weighted by Crippen LogP contribution is -2.32. The molecule has 0 unspecified atom stereocenters. The maximum absolute atomic E-state index is 14.0. The number of primary amides is 1. The van der Waals surface area contributed by atoms with Crippen molar-refractivity contribution < 1.29 is 22.4 Å². The van der Waals surface area contributed by atoms with Crippen molar-refractivity contribution >= 4 is 5.91 Å². The summed E-state index contributed by atoms with van der Waals surface area (Å²) in [7, 11) is 0. The van der Waals surface area contributed by atoms with Gasteiger partial charge in [0.25, 0.3) is 5.91 Å². The van der Waals surface area contributed by atoms with Gasteiger partial charge in [-0.2, -0.15) is 13.2 Å². The summed E-state index contributed by atoms with van der Waals surface area (Å²) in [6.07, 6.45) is -2.44. The van der Waals surface area contributed by atoms with E-state index in [4.69, 9.17) is 5.73 Å². The van der Waals surface area contributed by atoms with Gasteiger partial charge in [0.2, 0.25) is 5.82 Å². The quantitative estimate of drug-likeness (QED) is 0.859. The van der Waals surface area contributed by atoms with Gasteiger partial charge in [0.15, 0.2) is 0 Å². The van der Waals surface area contributed by atoms with Gasteiger partial charge in [0.1, 0.15) is 5.82 Å². The molecule has 0 aliphatic carbocycles. The summed E-state index contributed by atoms with van der Waals surface area (Å²) in [5, 5.41) is 0. The maximum atomic E-state index is 14.0. The van der Waals surface area contributed by atoms with Crippen LogP contribution in [0, 0.1) is 5.82 Å². The van der Waals surface area contributed by atoms with Crippen molar-refractivity contribution in [2.24, 2.45) is 5.73 Å². The predicted octanol–water partition coefficient (Wildman–Crippen LogP) is 2.29. The van der Waals surface area contributed by atoms with Crippen LogP contribution in [0.25, 0.3) is 0 Å². The first kappa shape index (κ1) is 17.3. The van der Waals surface area contributed by atoms with Gasteiger partial charge in [-0.3, -0.25) is 9.69 Å². The lowest BCUT2D eigenvalue weighted by Gasteiger charge is -2.28. The van der Waals surface area contributed by atoms with E-state index >= 15 is 0 Å². The Morgan fingerprint density at radius 2 is 2.08 bits per heavy atom. The van der Waals surface area contributed by atoms with Crippen LogP contribution in [0.3, 0.4) is 0 Å². The van der Waals surface area contributed by atoms with Crippen molar-refractivity contribution in [3.63, 3.8) is 0 Å². The molecule has 0 bridgehead atoms.